The third-order valence-corrected chi connectivity index (χ3v) is 2.86. The highest BCUT2D eigenvalue weighted by Gasteiger charge is 2.35. The van der Waals surface area contributed by atoms with Crippen molar-refractivity contribution in [2.45, 2.75) is 32.1 Å². The molecular formula is C8H15ClO. The Hall–Kier alpha value is 0.250. The topological polar surface area (TPSA) is 20.2 Å². The second-order valence-corrected chi connectivity index (χ2v) is 3.68. The van der Waals surface area contributed by atoms with E-state index in [1.807, 2.05) is 0 Å². The number of rotatable bonds is 4. The van der Waals surface area contributed by atoms with Gasteiger partial charge in [0, 0.05) is 12.5 Å². The zero-order chi connectivity index (χ0) is 7.45. The molecular weight excluding hydrogens is 148 g/mol. The summed E-state index contributed by atoms with van der Waals surface area (Å²) in [7, 11) is 0. The van der Waals surface area contributed by atoms with Crippen LogP contribution in [-0.2, 0) is 0 Å². The maximum absolute atomic E-state index is 9.02. The van der Waals surface area contributed by atoms with E-state index in [0.717, 1.165) is 18.7 Å². The van der Waals surface area contributed by atoms with E-state index >= 15 is 0 Å². The van der Waals surface area contributed by atoms with Gasteiger partial charge in [-0.15, -0.1) is 11.6 Å². The molecule has 0 amide bonds. The van der Waals surface area contributed by atoms with E-state index in [9.17, 15) is 0 Å². The summed E-state index contributed by atoms with van der Waals surface area (Å²) in [4.78, 5) is 0. The van der Waals surface area contributed by atoms with Gasteiger partial charge in [-0.25, -0.2) is 0 Å². The molecule has 0 radical (unpaired) electrons. The van der Waals surface area contributed by atoms with E-state index in [-0.39, 0.29) is 5.41 Å². The smallest absolute Gasteiger partial charge is 0.0487 e. The van der Waals surface area contributed by atoms with E-state index < -0.39 is 0 Å². The summed E-state index contributed by atoms with van der Waals surface area (Å²) in [6, 6.07) is 0. The van der Waals surface area contributed by atoms with E-state index in [0.29, 0.717) is 6.61 Å². The molecule has 1 saturated carbocycles. The molecule has 60 valence electrons. The van der Waals surface area contributed by atoms with Crippen molar-refractivity contribution in [3.05, 3.63) is 0 Å². The first-order valence-electron chi connectivity index (χ1n) is 4.00. The first kappa shape index (κ1) is 8.35. The van der Waals surface area contributed by atoms with Crippen LogP contribution in [0.25, 0.3) is 0 Å². The fourth-order valence-electron chi connectivity index (χ4n) is 1.61. The summed E-state index contributed by atoms with van der Waals surface area (Å²) in [5.74, 6) is 0.738. The van der Waals surface area contributed by atoms with Crippen molar-refractivity contribution < 1.29 is 5.11 Å². The van der Waals surface area contributed by atoms with Crippen LogP contribution in [0.4, 0.5) is 0 Å². The predicted molar refractivity (Wildman–Crippen MR) is 43.3 cm³/mol. The molecule has 0 unspecified atom stereocenters. The Kier molecular flexibility index (Phi) is 2.99. The number of alkyl halides is 1. The van der Waals surface area contributed by atoms with Gasteiger partial charge in [-0.2, -0.15) is 0 Å². The number of aliphatic hydroxyl groups excluding tert-OH is 1. The van der Waals surface area contributed by atoms with E-state index in [4.69, 9.17) is 16.7 Å². The van der Waals surface area contributed by atoms with Gasteiger partial charge in [0.2, 0.25) is 0 Å². The van der Waals surface area contributed by atoms with E-state index in [1.54, 1.807) is 0 Å². The SMILES string of the molecule is OCC1(CCCCl)CCC1. The molecule has 1 aliphatic rings. The van der Waals surface area contributed by atoms with Gasteiger partial charge in [-0.1, -0.05) is 6.42 Å². The molecule has 0 aromatic carbocycles. The number of hydrogen-bond acceptors (Lipinski definition) is 1. The molecule has 0 spiro atoms. The molecule has 0 aromatic rings. The van der Waals surface area contributed by atoms with Crippen LogP contribution in [0.15, 0.2) is 0 Å². The fourth-order valence-corrected chi connectivity index (χ4v) is 1.74. The number of aliphatic hydroxyl groups is 1. The lowest BCUT2D eigenvalue weighted by Gasteiger charge is -2.40. The summed E-state index contributed by atoms with van der Waals surface area (Å²) in [6.45, 7) is 0.365. The minimum Gasteiger partial charge on any atom is -0.396 e. The van der Waals surface area contributed by atoms with Crippen molar-refractivity contribution in [3.63, 3.8) is 0 Å². The lowest BCUT2D eigenvalue weighted by molar-refractivity contribution is 0.0357. The molecule has 1 fully saturated rings. The maximum atomic E-state index is 9.02. The summed E-state index contributed by atoms with van der Waals surface area (Å²) in [6.07, 6.45) is 5.89. The van der Waals surface area contributed by atoms with Gasteiger partial charge in [0.05, 0.1) is 0 Å². The van der Waals surface area contributed by atoms with Crippen molar-refractivity contribution in [3.8, 4) is 0 Å². The van der Waals surface area contributed by atoms with Crippen molar-refractivity contribution in [1.82, 2.24) is 0 Å². The zero-order valence-electron chi connectivity index (χ0n) is 6.27. The van der Waals surface area contributed by atoms with Crippen LogP contribution in [0.3, 0.4) is 0 Å². The van der Waals surface area contributed by atoms with Crippen LogP contribution >= 0.6 is 11.6 Å². The predicted octanol–water partition coefficient (Wildman–Crippen LogP) is 2.17. The molecule has 0 aromatic heterocycles. The third-order valence-electron chi connectivity index (χ3n) is 2.59. The Labute approximate surface area is 67.4 Å². The molecule has 1 aliphatic carbocycles. The van der Waals surface area contributed by atoms with Crippen LogP contribution in [0, 0.1) is 5.41 Å². The molecule has 0 saturated heterocycles. The van der Waals surface area contributed by atoms with Gasteiger partial charge in [-0.3, -0.25) is 0 Å². The summed E-state index contributed by atoms with van der Waals surface area (Å²) in [5.41, 5.74) is 0.287. The van der Waals surface area contributed by atoms with E-state index in [2.05, 4.69) is 0 Å². The van der Waals surface area contributed by atoms with Gasteiger partial charge >= 0.3 is 0 Å². The highest BCUT2D eigenvalue weighted by molar-refractivity contribution is 6.17. The van der Waals surface area contributed by atoms with E-state index in [1.165, 1.54) is 19.3 Å². The Morgan fingerprint density at radius 1 is 1.40 bits per heavy atom. The Balaban J connectivity index is 2.20. The lowest BCUT2D eigenvalue weighted by atomic mass is 9.67. The number of halogens is 1. The Bertz CT molecular complexity index is 93.9. The zero-order valence-corrected chi connectivity index (χ0v) is 7.03. The maximum Gasteiger partial charge on any atom is 0.0487 e. The molecule has 0 atom stereocenters. The number of hydrogen-bond donors (Lipinski definition) is 1. The molecule has 0 bridgehead atoms. The van der Waals surface area contributed by atoms with Crippen molar-refractivity contribution in [1.29, 1.82) is 0 Å². The largest absolute Gasteiger partial charge is 0.396 e. The molecule has 1 rings (SSSR count). The minimum absolute atomic E-state index is 0.287. The van der Waals surface area contributed by atoms with Crippen molar-refractivity contribution in [2.24, 2.45) is 5.41 Å². The Morgan fingerprint density at radius 2 is 2.10 bits per heavy atom. The highest BCUT2D eigenvalue weighted by Crippen LogP contribution is 2.44. The van der Waals surface area contributed by atoms with Crippen LogP contribution in [0.2, 0.25) is 0 Å². The average Bonchev–Trinajstić information content (AvgIpc) is 1.87. The molecule has 0 aliphatic heterocycles. The first-order valence-corrected chi connectivity index (χ1v) is 4.53. The average molecular weight is 163 g/mol. The first-order chi connectivity index (χ1) is 4.83. The third kappa shape index (κ3) is 1.64. The van der Waals surface area contributed by atoms with Crippen LogP contribution in [0.5, 0.6) is 0 Å². The molecule has 2 heteroatoms. The molecule has 10 heavy (non-hydrogen) atoms. The Morgan fingerprint density at radius 3 is 2.40 bits per heavy atom. The van der Waals surface area contributed by atoms with Gasteiger partial charge in [-0.05, 0) is 31.1 Å². The summed E-state index contributed by atoms with van der Waals surface area (Å²) in [5, 5.41) is 9.02. The van der Waals surface area contributed by atoms with Crippen LogP contribution < -0.4 is 0 Å². The fraction of sp³-hybridized carbons (Fsp3) is 1.00. The van der Waals surface area contributed by atoms with Crippen molar-refractivity contribution >= 4 is 11.6 Å². The quantitative estimate of drug-likeness (QED) is 0.629. The van der Waals surface area contributed by atoms with Crippen LogP contribution in [-0.4, -0.2) is 17.6 Å². The van der Waals surface area contributed by atoms with Gasteiger partial charge in [0.15, 0.2) is 0 Å². The summed E-state index contributed by atoms with van der Waals surface area (Å²) < 4.78 is 0. The van der Waals surface area contributed by atoms with Gasteiger partial charge < -0.3 is 5.11 Å². The van der Waals surface area contributed by atoms with Crippen LogP contribution in [0.1, 0.15) is 32.1 Å². The highest BCUT2D eigenvalue weighted by atomic mass is 35.5. The van der Waals surface area contributed by atoms with Gasteiger partial charge in [0.1, 0.15) is 0 Å². The van der Waals surface area contributed by atoms with Gasteiger partial charge in [0.25, 0.3) is 0 Å². The molecule has 1 nitrogen and oxygen atoms in total. The summed E-state index contributed by atoms with van der Waals surface area (Å²) >= 11 is 5.56. The second-order valence-electron chi connectivity index (χ2n) is 3.30. The molecule has 1 N–H and O–H groups in total. The van der Waals surface area contributed by atoms with Crippen molar-refractivity contribution in [2.75, 3.05) is 12.5 Å². The minimum atomic E-state index is 0.287. The standard InChI is InChI=1S/C8H15ClO/c9-6-2-5-8(7-10)3-1-4-8/h10H,1-7H2. The second kappa shape index (κ2) is 3.59. The lowest BCUT2D eigenvalue weighted by Crippen LogP contribution is -2.33. The normalized spacial score (nSPS) is 22.2. The molecule has 0 heterocycles. The monoisotopic (exact) mass is 162 g/mol.